The lowest BCUT2D eigenvalue weighted by Gasteiger charge is -2.03. The molecule has 1 aliphatic rings. The number of anilines is 2. The second-order valence-corrected chi connectivity index (χ2v) is 8.70. The summed E-state index contributed by atoms with van der Waals surface area (Å²) in [7, 11) is 0. The van der Waals surface area contributed by atoms with Crippen molar-refractivity contribution in [3.05, 3.63) is 46.8 Å². The Hall–Kier alpha value is -2.43. The predicted molar refractivity (Wildman–Crippen MR) is 107 cm³/mol. The number of thioether (sulfide) groups is 1. The molecule has 2 N–H and O–H groups in total. The van der Waals surface area contributed by atoms with E-state index < -0.39 is 5.91 Å². The Bertz CT molecular complexity index is 1000. The van der Waals surface area contributed by atoms with E-state index in [4.69, 9.17) is 16.1 Å². The fourth-order valence-electron chi connectivity index (χ4n) is 2.29. The van der Waals surface area contributed by atoms with Gasteiger partial charge in [-0.25, -0.2) is 0 Å². The van der Waals surface area contributed by atoms with Crippen LogP contribution in [0.5, 0.6) is 0 Å². The first-order valence-electron chi connectivity index (χ1n) is 8.36. The average molecular weight is 436 g/mol. The molecule has 4 rings (SSSR count). The number of carbonyl (C=O) groups excluding carboxylic acids is 2. The zero-order chi connectivity index (χ0) is 19.5. The van der Waals surface area contributed by atoms with Crippen LogP contribution in [0.4, 0.5) is 10.8 Å². The number of benzene rings is 1. The lowest BCUT2D eigenvalue weighted by Crippen LogP contribution is -2.13. The highest BCUT2D eigenvalue weighted by Gasteiger charge is 2.29. The zero-order valence-electron chi connectivity index (χ0n) is 14.3. The first-order chi connectivity index (χ1) is 13.6. The van der Waals surface area contributed by atoms with E-state index in [0.29, 0.717) is 26.1 Å². The third kappa shape index (κ3) is 4.89. The highest BCUT2D eigenvalue weighted by atomic mass is 35.5. The van der Waals surface area contributed by atoms with Gasteiger partial charge in [-0.1, -0.05) is 39.9 Å². The first kappa shape index (κ1) is 18.9. The smallest absolute Gasteiger partial charge is 0.279 e. The van der Waals surface area contributed by atoms with Crippen LogP contribution in [-0.2, 0) is 4.79 Å². The van der Waals surface area contributed by atoms with Gasteiger partial charge in [-0.2, -0.15) is 0 Å². The molecule has 2 amide bonds. The van der Waals surface area contributed by atoms with Gasteiger partial charge >= 0.3 is 0 Å². The van der Waals surface area contributed by atoms with Gasteiger partial charge in [0.05, 0.1) is 5.75 Å². The number of nitrogens with zero attached hydrogens (tertiary/aromatic N) is 3. The summed E-state index contributed by atoms with van der Waals surface area (Å²) < 4.78 is 5.74. The van der Waals surface area contributed by atoms with E-state index in [2.05, 4.69) is 26.0 Å². The molecular weight excluding hydrogens is 422 g/mol. The van der Waals surface area contributed by atoms with Crippen LogP contribution >= 0.6 is 34.7 Å². The lowest BCUT2D eigenvalue weighted by atomic mass is 10.3. The monoisotopic (exact) mass is 435 g/mol. The molecule has 1 saturated carbocycles. The molecule has 28 heavy (non-hydrogen) atoms. The van der Waals surface area contributed by atoms with Crippen molar-refractivity contribution in [1.82, 2.24) is 15.4 Å². The van der Waals surface area contributed by atoms with Gasteiger partial charge < -0.3 is 9.84 Å². The van der Waals surface area contributed by atoms with Gasteiger partial charge in [0.15, 0.2) is 10.0 Å². The minimum atomic E-state index is -0.399. The number of rotatable bonds is 7. The summed E-state index contributed by atoms with van der Waals surface area (Å²) in [5, 5.41) is 18.0. The molecule has 0 saturated heterocycles. The summed E-state index contributed by atoms with van der Waals surface area (Å²) in [6.45, 7) is 0. The highest BCUT2D eigenvalue weighted by molar-refractivity contribution is 8.01. The summed E-state index contributed by atoms with van der Waals surface area (Å²) in [5.74, 6) is 0.717. The van der Waals surface area contributed by atoms with Crippen LogP contribution in [0.2, 0.25) is 5.02 Å². The zero-order valence-corrected chi connectivity index (χ0v) is 16.7. The Labute approximate surface area is 173 Å². The average Bonchev–Trinajstić information content (AvgIpc) is 3.24. The normalized spacial score (nSPS) is 13.3. The second-order valence-electron chi connectivity index (χ2n) is 6.06. The standard InChI is InChI=1S/C17H14ClN5O3S2/c18-10-3-5-11(6-4-10)19-14(24)8-27-17-22-21-16(28-17)20-15(25)12-7-13(26-23-12)9-1-2-9/h3-7,9H,1-2,8H2,(H,19,24)(H,20,21,25). The van der Waals surface area contributed by atoms with Crippen molar-refractivity contribution in [1.29, 1.82) is 0 Å². The number of hydrogen-bond donors (Lipinski definition) is 2. The van der Waals surface area contributed by atoms with E-state index in [1.165, 1.54) is 23.1 Å². The summed E-state index contributed by atoms with van der Waals surface area (Å²) in [6.07, 6.45) is 2.14. The second kappa shape index (κ2) is 8.29. The van der Waals surface area contributed by atoms with Gasteiger partial charge in [0.1, 0.15) is 5.76 Å². The largest absolute Gasteiger partial charge is 0.360 e. The number of aromatic nitrogens is 3. The van der Waals surface area contributed by atoms with Crippen LogP contribution in [0.15, 0.2) is 39.2 Å². The molecule has 3 aromatic rings. The van der Waals surface area contributed by atoms with Crippen molar-refractivity contribution in [3.8, 4) is 0 Å². The minimum Gasteiger partial charge on any atom is -0.360 e. The summed E-state index contributed by atoms with van der Waals surface area (Å²) >= 11 is 8.23. The molecule has 11 heteroatoms. The van der Waals surface area contributed by atoms with Crippen LogP contribution in [-0.4, -0.2) is 32.9 Å². The van der Waals surface area contributed by atoms with Gasteiger partial charge in [-0.05, 0) is 37.1 Å². The van der Waals surface area contributed by atoms with Gasteiger partial charge in [-0.3, -0.25) is 14.9 Å². The number of amides is 2. The van der Waals surface area contributed by atoms with Gasteiger partial charge in [-0.15, -0.1) is 10.2 Å². The van der Waals surface area contributed by atoms with E-state index >= 15 is 0 Å². The third-order valence-corrected chi connectivity index (χ3v) is 6.05. The van der Waals surface area contributed by atoms with E-state index in [9.17, 15) is 9.59 Å². The molecule has 8 nitrogen and oxygen atoms in total. The summed E-state index contributed by atoms with van der Waals surface area (Å²) in [4.78, 5) is 24.2. The molecule has 1 aliphatic carbocycles. The maximum atomic E-state index is 12.2. The van der Waals surface area contributed by atoms with Crippen molar-refractivity contribution >= 4 is 57.3 Å². The van der Waals surface area contributed by atoms with Gasteiger partial charge in [0.25, 0.3) is 5.91 Å². The molecule has 0 bridgehead atoms. The van der Waals surface area contributed by atoms with Crippen molar-refractivity contribution in [2.24, 2.45) is 0 Å². The number of carbonyl (C=O) groups is 2. The van der Waals surface area contributed by atoms with Crippen LogP contribution in [0, 0.1) is 0 Å². The van der Waals surface area contributed by atoms with Crippen molar-refractivity contribution in [2.45, 2.75) is 23.1 Å². The van der Waals surface area contributed by atoms with Crippen LogP contribution in [0.3, 0.4) is 0 Å². The van der Waals surface area contributed by atoms with Crippen LogP contribution in [0.1, 0.15) is 35.0 Å². The quantitative estimate of drug-likeness (QED) is 0.425. The van der Waals surface area contributed by atoms with Crippen molar-refractivity contribution in [2.75, 3.05) is 16.4 Å². The minimum absolute atomic E-state index is 0.166. The number of halogens is 1. The molecule has 0 radical (unpaired) electrons. The van der Waals surface area contributed by atoms with E-state index in [1.54, 1.807) is 30.3 Å². The van der Waals surface area contributed by atoms with E-state index in [1.807, 2.05) is 0 Å². The van der Waals surface area contributed by atoms with Gasteiger partial charge in [0.2, 0.25) is 11.0 Å². The summed E-state index contributed by atoms with van der Waals surface area (Å²) in [5.41, 5.74) is 0.882. The lowest BCUT2D eigenvalue weighted by molar-refractivity contribution is -0.113. The summed E-state index contributed by atoms with van der Waals surface area (Å²) in [6, 6.07) is 8.51. The first-order valence-corrected chi connectivity index (χ1v) is 10.5. The molecule has 0 aliphatic heterocycles. The molecular formula is C17H14ClN5O3S2. The number of hydrogen-bond acceptors (Lipinski definition) is 8. The molecule has 0 spiro atoms. The van der Waals surface area contributed by atoms with Crippen LogP contribution < -0.4 is 10.6 Å². The Morgan fingerprint density at radius 2 is 2.00 bits per heavy atom. The van der Waals surface area contributed by atoms with E-state index in [-0.39, 0.29) is 17.4 Å². The van der Waals surface area contributed by atoms with Crippen molar-refractivity contribution < 1.29 is 14.1 Å². The Balaban J connectivity index is 1.27. The predicted octanol–water partition coefficient (Wildman–Crippen LogP) is 4.04. The highest BCUT2D eigenvalue weighted by Crippen LogP contribution is 2.40. The molecule has 0 atom stereocenters. The number of nitrogens with one attached hydrogen (secondary N) is 2. The SMILES string of the molecule is O=C(CSc1nnc(NC(=O)c2cc(C3CC3)on2)s1)Nc1ccc(Cl)cc1. The maximum Gasteiger partial charge on any atom is 0.279 e. The van der Waals surface area contributed by atoms with E-state index in [0.717, 1.165) is 18.6 Å². The molecule has 144 valence electrons. The Kier molecular flexibility index (Phi) is 5.60. The fourth-order valence-corrected chi connectivity index (χ4v) is 3.97. The molecule has 1 aromatic carbocycles. The molecule has 1 fully saturated rings. The molecule has 2 heterocycles. The maximum absolute atomic E-state index is 12.2. The Morgan fingerprint density at radius 1 is 1.21 bits per heavy atom. The fraction of sp³-hybridized carbons (Fsp3) is 0.235. The molecule has 0 unspecified atom stereocenters. The topological polar surface area (TPSA) is 110 Å². The van der Waals surface area contributed by atoms with Crippen LogP contribution in [0.25, 0.3) is 0 Å². The Morgan fingerprint density at radius 3 is 2.75 bits per heavy atom. The van der Waals surface area contributed by atoms with Crippen molar-refractivity contribution in [3.63, 3.8) is 0 Å². The van der Waals surface area contributed by atoms with Gasteiger partial charge in [0, 0.05) is 22.7 Å². The third-order valence-electron chi connectivity index (χ3n) is 3.82. The molecule has 2 aromatic heterocycles.